The smallest absolute Gasteiger partial charge is 0.413 e. The Balaban J connectivity index is 1.86. The van der Waals surface area contributed by atoms with Crippen LogP contribution in [0.25, 0.3) is 0 Å². The number of hydrogen-bond acceptors (Lipinski definition) is 8. The third kappa shape index (κ3) is 11.9. The topological polar surface area (TPSA) is 177 Å². The second-order valence-corrected chi connectivity index (χ2v) is 14.8. The van der Waals surface area contributed by atoms with Gasteiger partial charge >= 0.3 is 18.1 Å². The normalized spacial score (nSPS) is 19.2. The van der Waals surface area contributed by atoms with E-state index < -0.39 is 46.6 Å². The lowest BCUT2D eigenvalue weighted by Gasteiger charge is -2.42. The Morgan fingerprint density at radius 3 is 2.27 bits per heavy atom. The Kier molecular flexibility index (Phi) is 13.4. The highest BCUT2D eigenvalue weighted by molar-refractivity contribution is 5.91. The molecule has 0 aliphatic carbocycles. The quantitative estimate of drug-likeness (QED) is 0.266. The summed E-state index contributed by atoms with van der Waals surface area (Å²) in [6, 6.07) is 8.32. The minimum atomic E-state index is -1.82. The number of rotatable bonds is 7. The summed E-state index contributed by atoms with van der Waals surface area (Å²) < 4.78 is 17.0. The van der Waals surface area contributed by atoms with Crippen LogP contribution < -0.4 is 26.0 Å². The van der Waals surface area contributed by atoms with Gasteiger partial charge in [-0.05, 0) is 74.3 Å². The van der Waals surface area contributed by atoms with Crippen LogP contribution in [-0.4, -0.2) is 77.1 Å². The summed E-state index contributed by atoms with van der Waals surface area (Å²) in [5.41, 5.74) is -2.23. The van der Waals surface area contributed by atoms with E-state index in [0.29, 0.717) is 31.1 Å². The predicted octanol–water partition coefficient (Wildman–Crippen LogP) is 5.08. The van der Waals surface area contributed by atoms with E-state index in [1.54, 1.807) is 47.6 Å². The molecule has 49 heavy (non-hydrogen) atoms. The van der Waals surface area contributed by atoms with Gasteiger partial charge in [0.05, 0.1) is 19.3 Å². The highest BCUT2D eigenvalue weighted by Gasteiger charge is 2.50. The zero-order valence-electron chi connectivity index (χ0n) is 30.0. The highest BCUT2D eigenvalue weighted by Crippen LogP contribution is 2.34. The van der Waals surface area contributed by atoms with E-state index in [1.165, 1.54) is 12.3 Å². The Labute approximate surface area is 289 Å². The average Bonchev–Trinajstić information content (AvgIpc) is 2.98. The molecule has 13 heteroatoms. The van der Waals surface area contributed by atoms with Crippen molar-refractivity contribution in [3.8, 4) is 5.75 Å². The number of aliphatic carboxylic acids is 1. The molecule has 0 radical (unpaired) electrons. The average molecular weight is 684 g/mol. The molecule has 2 aliphatic rings. The summed E-state index contributed by atoms with van der Waals surface area (Å²) in [6.45, 7) is 15.7. The van der Waals surface area contributed by atoms with E-state index in [9.17, 15) is 24.3 Å². The summed E-state index contributed by atoms with van der Waals surface area (Å²) in [7, 11) is 0. The van der Waals surface area contributed by atoms with Crippen molar-refractivity contribution in [2.75, 3.05) is 25.1 Å². The van der Waals surface area contributed by atoms with Gasteiger partial charge in [0.1, 0.15) is 28.7 Å². The van der Waals surface area contributed by atoms with E-state index in [0.717, 1.165) is 18.4 Å². The summed E-state index contributed by atoms with van der Waals surface area (Å²) >= 11 is 0. The van der Waals surface area contributed by atoms with Crippen LogP contribution in [0.4, 0.5) is 15.4 Å². The van der Waals surface area contributed by atoms with Gasteiger partial charge in [-0.3, -0.25) is 10.1 Å². The maximum Gasteiger partial charge on any atom is 0.413 e. The van der Waals surface area contributed by atoms with Crippen LogP contribution in [0.5, 0.6) is 5.75 Å². The SMILES string of the molecule is CC(C)[C@H]1COCCCCOc2ccc(cc2)C[C@@H](NC(=O)NC(Cc2ccc(NC(=O)OC(C)(C)C)nc2)(C(=O)O)C(C)(C)C)C(=O)N1. The van der Waals surface area contributed by atoms with Gasteiger partial charge in [0.25, 0.3) is 0 Å². The van der Waals surface area contributed by atoms with Gasteiger partial charge in [0.15, 0.2) is 0 Å². The summed E-state index contributed by atoms with van der Waals surface area (Å²) in [4.78, 5) is 56.9. The van der Waals surface area contributed by atoms with Crippen LogP contribution in [0.1, 0.15) is 79.4 Å². The number of carbonyl (C=O) groups excluding carboxylic acids is 3. The van der Waals surface area contributed by atoms with Crippen LogP contribution in [0.3, 0.4) is 0 Å². The number of hydrogen-bond donors (Lipinski definition) is 5. The highest BCUT2D eigenvalue weighted by atomic mass is 16.6. The number of nitrogens with one attached hydrogen (secondary N) is 4. The molecule has 13 nitrogen and oxygen atoms in total. The lowest BCUT2D eigenvalue weighted by atomic mass is 9.70. The number of carboxylic acids is 1. The molecule has 0 saturated heterocycles. The first kappa shape index (κ1) is 39.1. The van der Waals surface area contributed by atoms with Crippen molar-refractivity contribution in [3.63, 3.8) is 0 Å². The van der Waals surface area contributed by atoms with Crippen molar-refractivity contribution < 1.29 is 38.5 Å². The zero-order chi connectivity index (χ0) is 36.4. The molecule has 3 atom stereocenters. The second kappa shape index (κ2) is 16.8. The number of anilines is 1. The standard InChI is InChI=1S/C36H53N5O8/c1-23(2)28-22-47-17-9-10-18-48-26-14-11-24(12-15-26)19-27(30(42)38-28)39-32(45)41-36(31(43)44,34(3,4)5)20-25-13-16-29(37-21-25)40-33(46)49-35(6,7)8/h11-16,21,23,27-28H,9-10,17-20,22H2,1-8H3,(H,38,42)(H,43,44)(H,37,40,46)(H2,39,41,45)/t27-,28-,36?/m1/s1. The first-order valence-electron chi connectivity index (χ1n) is 16.8. The largest absolute Gasteiger partial charge is 0.494 e. The maximum absolute atomic E-state index is 13.7. The molecule has 1 aromatic carbocycles. The van der Waals surface area contributed by atoms with Crippen molar-refractivity contribution in [1.82, 2.24) is 20.9 Å². The molecule has 1 unspecified atom stereocenters. The Bertz CT molecular complexity index is 1420. The van der Waals surface area contributed by atoms with Crippen molar-refractivity contribution in [3.05, 3.63) is 53.7 Å². The molecule has 3 heterocycles. The molecule has 4 rings (SSSR count). The van der Waals surface area contributed by atoms with Gasteiger partial charge in [-0.2, -0.15) is 0 Å². The fraction of sp³-hybridized carbons (Fsp3) is 0.583. The molecule has 4 amide bonds. The molecular formula is C36H53N5O8. The third-order valence-corrected chi connectivity index (χ3v) is 8.26. The van der Waals surface area contributed by atoms with Gasteiger partial charge < -0.3 is 35.3 Å². The van der Waals surface area contributed by atoms with Crippen molar-refractivity contribution in [1.29, 1.82) is 0 Å². The van der Waals surface area contributed by atoms with Crippen LogP contribution in [0.2, 0.25) is 0 Å². The van der Waals surface area contributed by atoms with E-state index in [1.807, 2.05) is 38.1 Å². The van der Waals surface area contributed by atoms with Gasteiger partial charge in [-0.25, -0.2) is 19.4 Å². The van der Waals surface area contributed by atoms with Crippen molar-refractivity contribution >= 4 is 29.8 Å². The second-order valence-electron chi connectivity index (χ2n) is 14.8. The van der Waals surface area contributed by atoms with E-state index in [-0.39, 0.29) is 30.6 Å². The number of ether oxygens (including phenoxy) is 3. The Morgan fingerprint density at radius 2 is 1.69 bits per heavy atom. The van der Waals surface area contributed by atoms with Crippen LogP contribution in [0.15, 0.2) is 42.6 Å². The fourth-order valence-electron chi connectivity index (χ4n) is 5.21. The molecule has 2 aliphatic heterocycles. The van der Waals surface area contributed by atoms with Crippen molar-refractivity contribution in [2.45, 2.75) is 104 Å². The molecule has 270 valence electrons. The number of carbonyl (C=O) groups is 4. The monoisotopic (exact) mass is 683 g/mol. The molecule has 2 aromatic rings. The van der Waals surface area contributed by atoms with E-state index in [4.69, 9.17) is 14.2 Å². The third-order valence-electron chi connectivity index (χ3n) is 8.26. The number of benzene rings is 1. The number of nitrogens with zero attached hydrogens (tertiary/aromatic N) is 1. The van der Waals surface area contributed by atoms with Crippen LogP contribution >= 0.6 is 0 Å². The number of pyridine rings is 1. The molecule has 1 aromatic heterocycles. The maximum atomic E-state index is 13.7. The van der Waals surface area contributed by atoms with Gasteiger partial charge in [0.2, 0.25) is 5.91 Å². The fourth-order valence-corrected chi connectivity index (χ4v) is 5.21. The number of amides is 4. The lowest BCUT2D eigenvalue weighted by Crippen LogP contribution is -2.67. The van der Waals surface area contributed by atoms with Crippen LogP contribution in [-0.2, 0) is 31.9 Å². The van der Waals surface area contributed by atoms with E-state index in [2.05, 4.69) is 26.3 Å². The number of aromatic nitrogens is 1. The predicted molar refractivity (Wildman–Crippen MR) is 186 cm³/mol. The van der Waals surface area contributed by atoms with Gasteiger partial charge in [-0.15, -0.1) is 0 Å². The van der Waals surface area contributed by atoms with Crippen LogP contribution in [0, 0.1) is 11.3 Å². The van der Waals surface area contributed by atoms with Crippen molar-refractivity contribution in [2.24, 2.45) is 11.3 Å². The summed E-state index contributed by atoms with van der Waals surface area (Å²) in [6.07, 6.45) is 2.42. The zero-order valence-corrected chi connectivity index (χ0v) is 30.0. The molecule has 0 saturated carbocycles. The van der Waals surface area contributed by atoms with Gasteiger partial charge in [-0.1, -0.05) is 52.8 Å². The Hall–Kier alpha value is -4.39. The number of urea groups is 1. The minimum absolute atomic E-state index is 0.0554. The van der Waals surface area contributed by atoms with Gasteiger partial charge in [0, 0.05) is 25.6 Å². The summed E-state index contributed by atoms with van der Waals surface area (Å²) in [5.74, 6) is -0.709. The van der Waals surface area contributed by atoms with E-state index >= 15 is 0 Å². The lowest BCUT2D eigenvalue weighted by molar-refractivity contribution is -0.149. The first-order chi connectivity index (χ1) is 22.9. The molecule has 0 fully saturated rings. The number of carboxylic acid groups (broad SMARTS) is 1. The molecule has 5 N–H and O–H groups in total. The number of fused-ring (bicyclic) bond motifs is 13. The summed E-state index contributed by atoms with van der Waals surface area (Å²) in [5, 5.41) is 21.7. The minimum Gasteiger partial charge on any atom is -0.494 e. The first-order valence-corrected chi connectivity index (χ1v) is 16.8. The molecular weight excluding hydrogens is 630 g/mol. The molecule has 0 spiro atoms. The Morgan fingerprint density at radius 1 is 1.02 bits per heavy atom. The molecule has 2 bridgehead atoms.